The number of benzene rings is 2. The van der Waals surface area contributed by atoms with E-state index in [4.69, 9.17) is 18.0 Å². The molecule has 0 aliphatic rings. The molecule has 8 heteroatoms. The van der Waals surface area contributed by atoms with Crippen molar-refractivity contribution in [3.63, 3.8) is 0 Å². The van der Waals surface area contributed by atoms with E-state index >= 15 is 0 Å². The van der Waals surface area contributed by atoms with Gasteiger partial charge in [0, 0.05) is 0 Å². The molecule has 0 bridgehead atoms. The lowest BCUT2D eigenvalue weighted by molar-refractivity contribution is -0.187. The van der Waals surface area contributed by atoms with Crippen molar-refractivity contribution in [1.82, 2.24) is 0 Å². The molecule has 130 valence electrons. The van der Waals surface area contributed by atoms with E-state index in [1.165, 1.54) is 18.2 Å². The van der Waals surface area contributed by atoms with Crippen LogP contribution < -0.4 is 11.1 Å². The second-order valence-corrected chi connectivity index (χ2v) is 5.63. The molecule has 0 saturated heterocycles. The van der Waals surface area contributed by atoms with E-state index in [2.05, 4.69) is 15.1 Å². The number of anilines is 1. The number of aromatic hydroxyl groups is 1. The van der Waals surface area contributed by atoms with Crippen LogP contribution in [0.1, 0.15) is 31.8 Å². The maximum Gasteiger partial charge on any atom is 0.390 e. The number of rotatable bonds is 3. The first-order chi connectivity index (χ1) is 11.8. The Bertz CT molecular complexity index is 837. The van der Waals surface area contributed by atoms with Gasteiger partial charge < -0.3 is 16.2 Å². The van der Waals surface area contributed by atoms with Gasteiger partial charge in [-0.15, -0.1) is 0 Å². The van der Waals surface area contributed by atoms with Crippen molar-refractivity contribution in [1.29, 1.82) is 0 Å². The minimum Gasteiger partial charge on any atom is -0.505 e. The van der Waals surface area contributed by atoms with Crippen molar-refractivity contribution in [3.05, 3.63) is 58.7 Å². The predicted octanol–water partition coefficient (Wildman–Crippen LogP) is 2.59. The number of carbonyl (C=O) groups excluding carboxylic acids is 2. The van der Waals surface area contributed by atoms with Crippen molar-refractivity contribution in [2.24, 2.45) is 5.73 Å². The van der Waals surface area contributed by atoms with Gasteiger partial charge in [0.15, 0.2) is 10.9 Å². The summed E-state index contributed by atoms with van der Waals surface area (Å²) >= 11 is 4.76. The summed E-state index contributed by atoms with van der Waals surface area (Å²) in [5, 5.41) is 12.8. The van der Waals surface area contributed by atoms with E-state index in [9.17, 15) is 14.7 Å². The van der Waals surface area contributed by atoms with E-state index in [0.29, 0.717) is 11.1 Å². The van der Waals surface area contributed by atoms with Crippen LogP contribution in [0.2, 0.25) is 0 Å². The molecule has 2 rings (SSSR count). The lowest BCUT2D eigenvalue weighted by Gasteiger charge is -2.15. The van der Waals surface area contributed by atoms with Crippen molar-refractivity contribution in [2.45, 2.75) is 13.8 Å². The molecule has 0 unspecified atom stereocenters. The molecular weight excluding hydrogens is 344 g/mol. The van der Waals surface area contributed by atoms with Crippen molar-refractivity contribution >= 4 is 35.0 Å². The number of thiocarbonyl (C=S) groups is 1. The average molecular weight is 360 g/mol. The smallest absolute Gasteiger partial charge is 0.390 e. The minimum atomic E-state index is -1.03. The molecular formula is C17H16N2O5S. The summed E-state index contributed by atoms with van der Waals surface area (Å²) < 4.78 is 0. The van der Waals surface area contributed by atoms with Crippen LogP contribution in [0, 0.1) is 13.8 Å². The first kappa shape index (κ1) is 18.2. The summed E-state index contributed by atoms with van der Waals surface area (Å²) in [6.45, 7) is 3.45. The van der Waals surface area contributed by atoms with E-state index < -0.39 is 17.7 Å². The van der Waals surface area contributed by atoms with Crippen LogP contribution in [0.25, 0.3) is 0 Å². The number of carbonyl (C=O) groups is 2. The van der Waals surface area contributed by atoms with Crippen LogP contribution in [-0.4, -0.2) is 22.2 Å². The third-order valence-electron chi connectivity index (χ3n) is 3.49. The maximum absolute atomic E-state index is 12.2. The molecule has 0 heterocycles. The van der Waals surface area contributed by atoms with Crippen molar-refractivity contribution < 1.29 is 24.5 Å². The third-order valence-corrected chi connectivity index (χ3v) is 3.59. The van der Waals surface area contributed by atoms with Gasteiger partial charge >= 0.3 is 11.9 Å². The molecule has 0 radical (unpaired) electrons. The number of phenols is 1. The van der Waals surface area contributed by atoms with Gasteiger partial charge in [0.2, 0.25) is 0 Å². The maximum atomic E-state index is 12.2. The molecule has 2 aromatic carbocycles. The molecule has 4 N–H and O–H groups in total. The number of hydrogen-bond acceptors (Lipinski definition) is 6. The Morgan fingerprint density at radius 1 is 1.12 bits per heavy atom. The zero-order valence-corrected chi connectivity index (χ0v) is 14.3. The first-order valence-electron chi connectivity index (χ1n) is 7.19. The Kier molecular flexibility index (Phi) is 5.56. The van der Waals surface area contributed by atoms with Gasteiger partial charge in [-0.25, -0.2) is 19.4 Å². The standard InChI is InChI=1S/C17H16N2O5S/c1-9-8-12(14(20)13(10(9)2)19-17(18)25)16(22)24-23-15(21)11-6-4-3-5-7-11/h3-8,20H,1-2H3,(H3,18,19,25). The van der Waals surface area contributed by atoms with Gasteiger partial charge in [-0.1, -0.05) is 18.2 Å². The molecule has 0 spiro atoms. The highest BCUT2D eigenvalue weighted by Gasteiger charge is 2.22. The molecule has 0 aromatic heterocycles. The first-order valence-corrected chi connectivity index (χ1v) is 7.60. The zero-order chi connectivity index (χ0) is 18.6. The van der Waals surface area contributed by atoms with Crippen molar-refractivity contribution in [2.75, 3.05) is 5.32 Å². The van der Waals surface area contributed by atoms with E-state index in [1.807, 2.05) is 0 Å². The molecule has 0 aliphatic carbocycles. The summed E-state index contributed by atoms with van der Waals surface area (Å²) in [5.74, 6) is -2.27. The van der Waals surface area contributed by atoms with Crippen molar-refractivity contribution in [3.8, 4) is 5.75 Å². The highest BCUT2D eigenvalue weighted by atomic mass is 32.1. The lowest BCUT2D eigenvalue weighted by atomic mass is 10.0. The predicted molar refractivity (Wildman–Crippen MR) is 95.3 cm³/mol. The summed E-state index contributed by atoms with van der Waals surface area (Å²) in [4.78, 5) is 33.0. The topological polar surface area (TPSA) is 111 Å². The van der Waals surface area contributed by atoms with Gasteiger partial charge in [0.25, 0.3) is 0 Å². The van der Waals surface area contributed by atoms with Gasteiger partial charge in [0.1, 0.15) is 5.56 Å². The molecule has 0 saturated carbocycles. The van der Waals surface area contributed by atoms with Crippen LogP contribution in [-0.2, 0) is 9.78 Å². The Labute approximate surface area is 149 Å². The number of phenolic OH excluding ortho intramolecular Hbond substituents is 1. The molecule has 0 atom stereocenters. The number of nitrogens with two attached hydrogens (primary N) is 1. The normalized spacial score (nSPS) is 10.0. The van der Waals surface area contributed by atoms with Crippen LogP contribution in [0.4, 0.5) is 5.69 Å². The number of aryl methyl sites for hydroxylation is 1. The van der Waals surface area contributed by atoms with E-state index in [1.54, 1.807) is 32.0 Å². The lowest BCUT2D eigenvalue weighted by Crippen LogP contribution is -2.20. The Morgan fingerprint density at radius 2 is 1.72 bits per heavy atom. The van der Waals surface area contributed by atoms with Gasteiger partial charge in [-0.2, -0.15) is 0 Å². The highest BCUT2D eigenvalue weighted by molar-refractivity contribution is 7.80. The summed E-state index contributed by atoms with van der Waals surface area (Å²) in [7, 11) is 0. The molecule has 7 nitrogen and oxygen atoms in total. The molecule has 0 aliphatic heterocycles. The fourth-order valence-corrected chi connectivity index (χ4v) is 2.18. The molecule has 0 amide bonds. The largest absolute Gasteiger partial charge is 0.505 e. The Morgan fingerprint density at radius 3 is 2.32 bits per heavy atom. The SMILES string of the molecule is Cc1cc(C(=O)OOC(=O)c2ccccc2)c(O)c(NC(N)=S)c1C. The Hall–Kier alpha value is -3.13. The fourth-order valence-electron chi connectivity index (χ4n) is 2.08. The van der Waals surface area contributed by atoms with E-state index in [0.717, 1.165) is 0 Å². The molecule has 2 aromatic rings. The van der Waals surface area contributed by atoms with Gasteiger partial charge in [0.05, 0.1) is 11.3 Å². The quantitative estimate of drug-likeness (QED) is 0.331. The number of nitrogens with one attached hydrogen (secondary N) is 1. The van der Waals surface area contributed by atoms with Crippen LogP contribution in [0.5, 0.6) is 5.75 Å². The monoisotopic (exact) mass is 360 g/mol. The van der Waals surface area contributed by atoms with E-state index in [-0.39, 0.29) is 21.9 Å². The summed E-state index contributed by atoms with van der Waals surface area (Å²) in [6, 6.07) is 9.44. The minimum absolute atomic E-state index is 0.0705. The average Bonchev–Trinajstić information content (AvgIpc) is 2.60. The fraction of sp³-hybridized carbons (Fsp3) is 0.118. The molecule has 0 fully saturated rings. The summed E-state index contributed by atoms with van der Waals surface area (Å²) in [5.41, 5.74) is 6.97. The second kappa shape index (κ2) is 7.63. The van der Waals surface area contributed by atoms with Crippen LogP contribution >= 0.6 is 12.2 Å². The Balaban J connectivity index is 2.20. The second-order valence-electron chi connectivity index (χ2n) is 5.19. The zero-order valence-electron chi connectivity index (χ0n) is 13.5. The summed E-state index contributed by atoms with van der Waals surface area (Å²) in [6.07, 6.45) is 0. The van der Waals surface area contributed by atoms with Crippen LogP contribution in [0.15, 0.2) is 36.4 Å². The van der Waals surface area contributed by atoms with Gasteiger partial charge in [-0.3, -0.25) is 0 Å². The van der Waals surface area contributed by atoms with Gasteiger partial charge in [-0.05, 0) is 55.4 Å². The third kappa shape index (κ3) is 4.24. The molecule has 25 heavy (non-hydrogen) atoms. The van der Waals surface area contributed by atoms with Crippen LogP contribution in [0.3, 0.4) is 0 Å². The number of hydrogen-bond donors (Lipinski definition) is 3. The highest BCUT2D eigenvalue weighted by Crippen LogP contribution is 2.34.